The van der Waals surface area contributed by atoms with Crippen LogP contribution in [0.4, 0.5) is 19.0 Å². The van der Waals surface area contributed by atoms with Crippen LogP contribution in [0.5, 0.6) is 0 Å². The van der Waals surface area contributed by atoms with E-state index >= 15 is 0 Å². The van der Waals surface area contributed by atoms with Crippen LogP contribution < -0.4 is 4.90 Å². The second-order valence-electron chi connectivity index (χ2n) is 3.93. The summed E-state index contributed by atoms with van der Waals surface area (Å²) in [6, 6.07) is 2.72. The van der Waals surface area contributed by atoms with Crippen LogP contribution in [0.2, 0.25) is 0 Å². The van der Waals surface area contributed by atoms with Gasteiger partial charge in [0.15, 0.2) is 5.65 Å². The van der Waals surface area contributed by atoms with Gasteiger partial charge in [0.2, 0.25) is 0 Å². The van der Waals surface area contributed by atoms with Crippen LogP contribution in [0.25, 0.3) is 11.2 Å². The van der Waals surface area contributed by atoms with E-state index in [0.29, 0.717) is 10.4 Å². The number of carbonyl (C=O) groups is 1. The van der Waals surface area contributed by atoms with Crippen LogP contribution in [-0.2, 0) is 4.79 Å². The lowest BCUT2D eigenvalue weighted by Crippen LogP contribution is -2.38. The summed E-state index contributed by atoms with van der Waals surface area (Å²) < 4.78 is 37.4. The first kappa shape index (κ1) is 14.0. The molecule has 0 fully saturated rings. The Kier molecular flexibility index (Phi) is 3.68. The van der Waals surface area contributed by atoms with Crippen molar-refractivity contribution in [2.45, 2.75) is 6.18 Å². The van der Waals surface area contributed by atoms with Gasteiger partial charge in [-0.1, -0.05) is 0 Å². The summed E-state index contributed by atoms with van der Waals surface area (Å²) >= 11 is 0. The molecule has 0 aliphatic heterocycles. The van der Waals surface area contributed by atoms with Crippen molar-refractivity contribution in [3.8, 4) is 0 Å². The molecule has 0 radical (unpaired) electrons. The van der Waals surface area contributed by atoms with Crippen LogP contribution in [0.15, 0.2) is 24.5 Å². The van der Waals surface area contributed by atoms with Gasteiger partial charge in [0.05, 0.1) is 0 Å². The number of aromatic nitrogens is 3. The molecule has 6 nitrogen and oxygen atoms in total. The first-order valence-corrected chi connectivity index (χ1v) is 5.46. The van der Waals surface area contributed by atoms with E-state index in [-0.39, 0.29) is 11.5 Å². The molecule has 2 aromatic heterocycles. The molecule has 2 aromatic rings. The molecule has 1 N–H and O–H groups in total. The van der Waals surface area contributed by atoms with Gasteiger partial charge < -0.3 is 10.0 Å². The SMILES string of the molecule is O=C(O)CN(CC(F)(F)F)c1ccc2nccnc2n1. The lowest BCUT2D eigenvalue weighted by Gasteiger charge is -2.22. The molecule has 2 heterocycles. The number of anilines is 1. The van der Waals surface area contributed by atoms with Crippen molar-refractivity contribution in [1.29, 1.82) is 0 Å². The van der Waals surface area contributed by atoms with Crippen molar-refractivity contribution in [2.75, 3.05) is 18.0 Å². The minimum Gasteiger partial charge on any atom is -0.480 e. The highest BCUT2D eigenvalue weighted by Gasteiger charge is 2.32. The molecule has 9 heteroatoms. The highest BCUT2D eigenvalue weighted by molar-refractivity contribution is 5.75. The van der Waals surface area contributed by atoms with E-state index in [2.05, 4.69) is 15.0 Å². The number of carboxylic acids is 1. The molecule has 0 aromatic carbocycles. The monoisotopic (exact) mass is 286 g/mol. The third-order valence-electron chi connectivity index (χ3n) is 2.34. The summed E-state index contributed by atoms with van der Waals surface area (Å²) in [5.41, 5.74) is 0.570. The van der Waals surface area contributed by atoms with E-state index in [9.17, 15) is 18.0 Å². The van der Waals surface area contributed by atoms with Crippen molar-refractivity contribution in [3.63, 3.8) is 0 Å². The molecule has 0 bridgehead atoms. The zero-order valence-electron chi connectivity index (χ0n) is 10.0. The van der Waals surface area contributed by atoms with Crippen molar-refractivity contribution in [1.82, 2.24) is 15.0 Å². The number of carboxylic acid groups (broad SMARTS) is 1. The third-order valence-corrected chi connectivity index (χ3v) is 2.34. The predicted molar refractivity (Wildman–Crippen MR) is 63.2 cm³/mol. The zero-order valence-corrected chi connectivity index (χ0v) is 10.0. The van der Waals surface area contributed by atoms with Gasteiger partial charge in [-0.15, -0.1) is 0 Å². The highest BCUT2D eigenvalue weighted by atomic mass is 19.4. The Hall–Kier alpha value is -2.45. The fourth-order valence-corrected chi connectivity index (χ4v) is 1.62. The molecule has 0 atom stereocenters. The minimum atomic E-state index is -4.53. The summed E-state index contributed by atoms with van der Waals surface area (Å²) in [6.07, 6.45) is -1.76. The Morgan fingerprint density at radius 2 is 1.95 bits per heavy atom. The normalized spacial score (nSPS) is 11.6. The van der Waals surface area contributed by atoms with Crippen LogP contribution in [-0.4, -0.2) is 45.3 Å². The molecule has 0 spiro atoms. The van der Waals surface area contributed by atoms with E-state index in [1.54, 1.807) is 0 Å². The van der Waals surface area contributed by atoms with Gasteiger partial charge in [-0.25, -0.2) is 9.97 Å². The Morgan fingerprint density at radius 1 is 1.25 bits per heavy atom. The lowest BCUT2D eigenvalue weighted by molar-refractivity contribution is -0.136. The van der Waals surface area contributed by atoms with Gasteiger partial charge in [-0.3, -0.25) is 9.78 Å². The largest absolute Gasteiger partial charge is 0.480 e. The standard InChI is InChI=1S/C11H9F3N4O2/c12-11(13,14)6-18(5-9(19)20)8-2-1-7-10(17-8)16-4-3-15-7/h1-4H,5-6H2,(H,19,20). The van der Waals surface area contributed by atoms with E-state index in [1.165, 1.54) is 24.5 Å². The molecule has 0 amide bonds. The summed E-state index contributed by atoms with van der Waals surface area (Å²) in [5, 5.41) is 8.69. The molecule has 0 aliphatic rings. The predicted octanol–water partition coefficient (Wildman–Crippen LogP) is 1.48. The smallest absolute Gasteiger partial charge is 0.405 e. The van der Waals surface area contributed by atoms with E-state index in [4.69, 9.17) is 5.11 Å². The maximum atomic E-state index is 12.5. The number of fused-ring (bicyclic) bond motifs is 1. The number of pyridine rings is 1. The van der Waals surface area contributed by atoms with E-state index in [1.807, 2.05) is 0 Å². The van der Waals surface area contributed by atoms with Gasteiger partial charge in [0, 0.05) is 12.4 Å². The molecule has 0 saturated carbocycles. The Morgan fingerprint density at radius 3 is 2.60 bits per heavy atom. The first-order chi connectivity index (χ1) is 9.35. The average Bonchev–Trinajstić information content (AvgIpc) is 2.35. The van der Waals surface area contributed by atoms with E-state index in [0.717, 1.165) is 0 Å². The molecular weight excluding hydrogens is 277 g/mol. The third kappa shape index (κ3) is 3.53. The summed E-state index contributed by atoms with van der Waals surface area (Å²) in [7, 11) is 0. The number of hydrogen-bond acceptors (Lipinski definition) is 5. The van der Waals surface area contributed by atoms with Gasteiger partial charge in [0.25, 0.3) is 0 Å². The Bertz CT molecular complexity index is 632. The molecule has 0 unspecified atom stereocenters. The van der Waals surface area contributed by atoms with Crippen molar-refractivity contribution < 1.29 is 23.1 Å². The summed E-state index contributed by atoms with van der Waals surface area (Å²) in [5.74, 6) is -1.49. The van der Waals surface area contributed by atoms with Crippen LogP contribution >= 0.6 is 0 Å². The maximum Gasteiger partial charge on any atom is 0.405 e. The second kappa shape index (κ2) is 5.27. The Labute approximate surface area is 110 Å². The quantitative estimate of drug-likeness (QED) is 0.917. The van der Waals surface area contributed by atoms with Crippen molar-refractivity contribution in [3.05, 3.63) is 24.5 Å². The lowest BCUT2D eigenvalue weighted by atomic mass is 10.3. The van der Waals surface area contributed by atoms with Gasteiger partial charge in [-0.2, -0.15) is 13.2 Å². The molecule has 0 saturated heterocycles. The molecule has 0 aliphatic carbocycles. The van der Waals surface area contributed by atoms with Gasteiger partial charge in [0.1, 0.15) is 24.4 Å². The fraction of sp³-hybridized carbons (Fsp3) is 0.273. The zero-order chi connectivity index (χ0) is 14.8. The summed E-state index contributed by atoms with van der Waals surface area (Å²) in [6.45, 7) is -2.21. The Balaban J connectivity index is 2.36. The van der Waals surface area contributed by atoms with Crippen molar-refractivity contribution >= 4 is 23.0 Å². The second-order valence-corrected chi connectivity index (χ2v) is 3.93. The van der Waals surface area contributed by atoms with Crippen LogP contribution in [0.3, 0.4) is 0 Å². The number of alkyl halides is 3. The van der Waals surface area contributed by atoms with Gasteiger partial charge >= 0.3 is 12.1 Å². The first-order valence-electron chi connectivity index (χ1n) is 5.46. The van der Waals surface area contributed by atoms with Crippen LogP contribution in [0, 0.1) is 0 Å². The number of aliphatic carboxylic acids is 1. The molecule has 2 rings (SSSR count). The molecule has 20 heavy (non-hydrogen) atoms. The van der Waals surface area contributed by atoms with E-state index < -0.39 is 25.2 Å². The number of nitrogens with zero attached hydrogens (tertiary/aromatic N) is 4. The van der Waals surface area contributed by atoms with Crippen LogP contribution in [0.1, 0.15) is 0 Å². The maximum absolute atomic E-state index is 12.5. The minimum absolute atomic E-state index is 0.113. The number of rotatable bonds is 4. The summed E-state index contributed by atoms with van der Waals surface area (Å²) in [4.78, 5) is 23.0. The molecule has 106 valence electrons. The average molecular weight is 286 g/mol. The van der Waals surface area contributed by atoms with Gasteiger partial charge in [-0.05, 0) is 12.1 Å². The number of halogens is 3. The number of hydrogen-bond donors (Lipinski definition) is 1. The van der Waals surface area contributed by atoms with Crippen molar-refractivity contribution in [2.24, 2.45) is 0 Å². The fourth-order valence-electron chi connectivity index (χ4n) is 1.62. The highest BCUT2D eigenvalue weighted by Crippen LogP contribution is 2.21. The topological polar surface area (TPSA) is 79.2 Å². The molecular formula is C11H9F3N4O2.